The molecule has 0 saturated heterocycles. The smallest absolute Gasteiger partial charge is 0.357 e. The number of esters is 1. The summed E-state index contributed by atoms with van der Waals surface area (Å²) in [5.41, 5.74) is 0.438. The van der Waals surface area contributed by atoms with Crippen molar-refractivity contribution in [2.24, 2.45) is 0 Å². The van der Waals surface area contributed by atoms with Crippen LogP contribution < -0.4 is 5.32 Å². The van der Waals surface area contributed by atoms with Gasteiger partial charge in [-0.1, -0.05) is 12.8 Å². The van der Waals surface area contributed by atoms with E-state index in [4.69, 9.17) is 0 Å². The molecule has 1 saturated carbocycles. The Balaban J connectivity index is 2.07. The number of hydrogen-bond acceptors (Lipinski definition) is 5. The maximum atomic E-state index is 11.4. The van der Waals surface area contributed by atoms with E-state index in [2.05, 4.69) is 15.0 Å². The van der Waals surface area contributed by atoms with Crippen LogP contribution in [-0.4, -0.2) is 24.1 Å². The largest absolute Gasteiger partial charge is 0.464 e. The molecule has 0 unspecified atom stereocenters. The Hall–Kier alpha value is -1.10. The van der Waals surface area contributed by atoms with Crippen LogP contribution in [0.4, 0.5) is 5.13 Å². The maximum Gasteiger partial charge on any atom is 0.357 e. The summed E-state index contributed by atoms with van der Waals surface area (Å²) < 4.78 is 4.68. The minimum atomic E-state index is -0.353. The minimum absolute atomic E-state index is 0.353. The van der Waals surface area contributed by atoms with Gasteiger partial charge in [0.15, 0.2) is 10.8 Å². The van der Waals surface area contributed by atoms with E-state index in [9.17, 15) is 4.79 Å². The number of carbonyl (C=O) groups is 1. The topological polar surface area (TPSA) is 51.2 Å². The molecule has 0 aliphatic heterocycles. The van der Waals surface area contributed by atoms with Crippen LogP contribution in [0.2, 0.25) is 0 Å². The number of nitrogens with zero attached hydrogens (tertiary/aromatic N) is 1. The first-order valence-corrected chi connectivity index (χ1v) is 6.34. The van der Waals surface area contributed by atoms with Crippen LogP contribution in [0.1, 0.15) is 41.0 Å². The Bertz CT molecular complexity index is 383. The molecule has 1 N–H and O–H groups in total. The van der Waals surface area contributed by atoms with E-state index < -0.39 is 0 Å². The predicted octanol–water partition coefficient (Wildman–Crippen LogP) is 2.59. The van der Waals surface area contributed by atoms with Crippen LogP contribution in [0, 0.1) is 6.92 Å². The van der Waals surface area contributed by atoms with Gasteiger partial charge in [-0.15, -0.1) is 11.3 Å². The number of carbonyl (C=O) groups excluding carboxylic acids is 1. The minimum Gasteiger partial charge on any atom is -0.464 e. The van der Waals surface area contributed by atoms with Gasteiger partial charge in [-0.2, -0.15) is 0 Å². The van der Waals surface area contributed by atoms with Gasteiger partial charge in [-0.3, -0.25) is 0 Å². The summed E-state index contributed by atoms with van der Waals surface area (Å²) in [6.07, 6.45) is 4.97. The van der Waals surface area contributed by atoms with E-state index in [-0.39, 0.29) is 5.97 Å². The molecule has 88 valence electrons. The Kier molecular flexibility index (Phi) is 3.43. The highest BCUT2D eigenvalue weighted by Gasteiger charge is 2.19. The van der Waals surface area contributed by atoms with Gasteiger partial charge in [0.05, 0.1) is 7.11 Å². The Morgan fingerprint density at radius 3 is 2.81 bits per heavy atom. The third-order valence-electron chi connectivity index (χ3n) is 2.86. The van der Waals surface area contributed by atoms with Crippen LogP contribution >= 0.6 is 11.3 Å². The van der Waals surface area contributed by atoms with Crippen molar-refractivity contribution in [3.05, 3.63) is 10.6 Å². The summed E-state index contributed by atoms with van der Waals surface area (Å²) in [7, 11) is 1.38. The zero-order chi connectivity index (χ0) is 11.5. The lowest BCUT2D eigenvalue weighted by Crippen LogP contribution is -2.14. The lowest BCUT2D eigenvalue weighted by atomic mass is 10.3. The van der Waals surface area contributed by atoms with Gasteiger partial charge in [0, 0.05) is 10.9 Å². The fourth-order valence-corrected chi connectivity index (χ4v) is 2.87. The standard InChI is InChI=1S/C11H16N2O2S/c1-7-9(10(14)15-2)13-11(16-7)12-8-5-3-4-6-8/h8H,3-6H2,1-2H3,(H,12,13). The van der Waals surface area contributed by atoms with Crippen molar-refractivity contribution in [1.82, 2.24) is 4.98 Å². The van der Waals surface area contributed by atoms with Crippen LogP contribution in [0.15, 0.2) is 0 Å². The number of nitrogens with one attached hydrogen (secondary N) is 1. The Labute approximate surface area is 99.0 Å². The Morgan fingerprint density at radius 1 is 1.50 bits per heavy atom. The molecule has 1 heterocycles. The number of ether oxygens (including phenoxy) is 1. The zero-order valence-corrected chi connectivity index (χ0v) is 10.4. The SMILES string of the molecule is COC(=O)c1nc(NC2CCCC2)sc1C. The molecule has 16 heavy (non-hydrogen) atoms. The number of thiazole rings is 1. The normalized spacial score (nSPS) is 16.4. The monoisotopic (exact) mass is 240 g/mol. The molecular weight excluding hydrogens is 224 g/mol. The van der Waals surface area contributed by atoms with Crippen LogP contribution in [0.3, 0.4) is 0 Å². The molecule has 1 fully saturated rings. The zero-order valence-electron chi connectivity index (χ0n) is 9.58. The van der Waals surface area contributed by atoms with Crippen molar-refractivity contribution < 1.29 is 9.53 Å². The average molecular weight is 240 g/mol. The van der Waals surface area contributed by atoms with Gasteiger partial charge in [0.1, 0.15) is 0 Å². The predicted molar refractivity (Wildman–Crippen MR) is 64.1 cm³/mol. The van der Waals surface area contributed by atoms with Crippen molar-refractivity contribution in [1.29, 1.82) is 0 Å². The van der Waals surface area contributed by atoms with Crippen LogP contribution in [0.5, 0.6) is 0 Å². The van der Waals surface area contributed by atoms with Crippen molar-refractivity contribution in [3.8, 4) is 0 Å². The van der Waals surface area contributed by atoms with E-state index >= 15 is 0 Å². The van der Waals surface area contributed by atoms with E-state index in [0.717, 1.165) is 10.0 Å². The summed E-state index contributed by atoms with van der Waals surface area (Å²) in [5, 5.41) is 4.22. The molecule has 4 nitrogen and oxygen atoms in total. The lowest BCUT2D eigenvalue weighted by molar-refractivity contribution is 0.0594. The molecule has 0 bridgehead atoms. The van der Waals surface area contributed by atoms with Gasteiger partial charge in [-0.25, -0.2) is 9.78 Å². The summed E-state index contributed by atoms with van der Waals surface area (Å²) in [6.45, 7) is 1.89. The molecule has 1 aromatic rings. The highest BCUT2D eigenvalue weighted by atomic mass is 32.1. The van der Waals surface area contributed by atoms with Crippen molar-refractivity contribution in [2.75, 3.05) is 12.4 Å². The molecule has 0 radical (unpaired) electrons. The number of hydrogen-bond donors (Lipinski definition) is 1. The second kappa shape index (κ2) is 4.82. The fourth-order valence-electron chi connectivity index (χ4n) is 1.99. The molecule has 1 aliphatic carbocycles. The highest BCUT2D eigenvalue weighted by molar-refractivity contribution is 7.15. The van der Waals surface area contributed by atoms with Gasteiger partial charge >= 0.3 is 5.97 Å². The van der Waals surface area contributed by atoms with Crippen LogP contribution in [-0.2, 0) is 4.74 Å². The second-order valence-corrected chi connectivity index (χ2v) is 5.24. The Morgan fingerprint density at radius 2 is 2.19 bits per heavy atom. The number of anilines is 1. The van der Waals surface area contributed by atoms with E-state index in [1.165, 1.54) is 44.1 Å². The fraction of sp³-hybridized carbons (Fsp3) is 0.636. The second-order valence-electron chi connectivity index (χ2n) is 4.04. The van der Waals surface area contributed by atoms with E-state index in [0.29, 0.717) is 11.7 Å². The van der Waals surface area contributed by atoms with E-state index in [1.807, 2.05) is 6.92 Å². The maximum absolute atomic E-state index is 11.4. The van der Waals surface area contributed by atoms with Gasteiger partial charge in [0.25, 0.3) is 0 Å². The molecule has 2 rings (SSSR count). The number of rotatable bonds is 3. The van der Waals surface area contributed by atoms with Crippen molar-refractivity contribution >= 4 is 22.4 Å². The third-order valence-corrected chi connectivity index (χ3v) is 3.76. The van der Waals surface area contributed by atoms with Crippen molar-refractivity contribution in [2.45, 2.75) is 38.6 Å². The first-order valence-electron chi connectivity index (χ1n) is 5.53. The van der Waals surface area contributed by atoms with Crippen LogP contribution in [0.25, 0.3) is 0 Å². The molecule has 0 aromatic carbocycles. The molecule has 5 heteroatoms. The third kappa shape index (κ3) is 2.35. The number of aromatic nitrogens is 1. The summed E-state index contributed by atoms with van der Waals surface area (Å²) in [4.78, 5) is 16.6. The summed E-state index contributed by atoms with van der Waals surface area (Å²) in [6, 6.07) is 0.524. The van der Waals surface area contributed by atoms with E-state index in [1.54, 1.807) is 0 Å². The number of methoxy groups -OCH3 is 1. The molecule has 0 spiro atoms. The molecule has 1 aromatic heterocycles. The van der Waals surface area contributed by atoms with Crippen molar-refractivity contribution in [3.63, 3.8) is 0 Å². The summed E-state index contributed by atoms with van der Waals surface area (Å²) >= 11 is 1.52. The lowest BCUT2D eigenvalue weighted by Gasteiger charge is -2.09. The number of aryl methyl sites for hydroxylation is 1. The quantitative estimate of drug-likeness (QED) is 0.825. The molecule has 0 amide bonds. The average Bonchev–Trinajstić information content (AvgIpc) is 2.88. The first kappa shape index (κ1) is 11.4. The summed E-state index contributed by atoms with van der Waals surface area (Å²) in [5.74, 6) is -0.353. The first-order chi connectivity index (χ1) is 7.70. The van der Waals surface area contributed by atoms with Gasteiger partial charge in [0.2, 0.25) is 0 Å². The van der Waals surface area contributed by atoms with Gasteiger partial charge in [-0.05, 0) is 19.8 Å². The highest BCUT2D eigenvalue weighted by Crippen LogP contribution is 2.27. The molecule has 0 atom stereocenters. The molecule has 1 aliphatic rings. The van der Waals surface area contributed by atoms with Gasteiger partial charge < -0.3 is 10.1 Å². The molecular formula is C11H16N2O2S.